The molecule has 0 spiro atoms. The van der Waals surface area contributed by atoms with Gasteiger partial charge in [-0.3, -0.25) is 14.4 Å². The van der Waals surface area contributed by atoms with E-state index < -0.39 is 35.8 Å². The van der Waals surface area contributed by atoms with Gasteiger partial charge in [0.25, 0.3) is 0 Å². The Morgan fingerprint density at radius 3 is 2.32 bits per heavy atom. The lowest BCUT2D eigenvalue weighted by molar-refractivity contribution is -0.138. The lowest BCUT2D eigenvalue weighted by Crippen LogP contribution is -2.47. The molecule has 0 saturated heterocycles. The summed E-state index contributed by atoms with van der Waals surface area (Å²) in [7, 11) is 0. The number of carbonyl (C=O) groups is 3. The molecule has 0 aliphatic heterocycles. The van der Waals surface area contributed by atoms with Gasteiger partial charge < -0.3 is 21.9 Å². The van der Waals surface area contributed by atoms with Crippen LogP contribution in [-0.4, -0.2) is 58.7 Å². The highest BCUT2D eigenvalue weighted by Gasteiger charge is 2.27. The minimum Gasteiger partial charge on any atom is -0.480 e. The van der Waals surface area contributed by atoms with Crippen LogP contribution in [0.3, 0.4) is 0 Å². The van der Waals surface area contributed by atoms with Crippen LogP contribution in [0.5, 0.6) is 0 Å². The van der Waals surface area contributed by atoms with E-state index in [9.17, 15) is 14.4 Å². The minimum atomic E-state index is -1.16. The van der Waals surface area contributed by atoms with Crippen molar-refractivity contribution in [1.82, 2.24) is 5.32 Å². The number of aliphatic carboxylic acids is 1. The maximum Gasteiger partial charge on any atom is 0.322 e. The van der Waals surface area contributed by atoms with E-state index in [0.29, 0.717) is 0 Å². The SMILES string of the molecule is CSC(C[C@H](N)C(=O)NCC(=O)O)C(=O)[C@@H](N)CS. The first-order valence-electron chi connectivity index (χ1n) is 5.51. The van der Waals surface area contributed by atoms with Crippen LogP contribution in [0, 0.1) is 0 Å². The number of rotatable bonds is 9. The van der Waals surface area contributed by atoms with Gasteiger partial charge in [0.1, 0.15) is 6.54 Å². The van der Waals surface area contributed by atoms with Crippen molar-refractivity contribution in [2.45, 2.75) is 23.8 Å². The molecular formula is C10H19N3O4S2. The lowest BCUT2D eigenvalue weighted by atomic mass is 10.0. The highest BCUT2D eigenvalue weighted by Crippen LogP contribution is 2.15. The molecule has 0 aromatic carbocycles. The maximum absolute atomic E-state index is 11.9. The number of nitrogens with one attached hydrogen (secondary N) is 1. The van der Waals surface area contributed by atoms with Crippen LogP contribution in [0.25, 0.3) is 0 Å². The standard InChI is InChI=1S/C10H19N3O4S2/c1-19-7(9(16)6(12)4-18)2-5(11)10(17)13-3-8(14)15/h5-7,18H,2-4,11-12H2,1H3,(H,13,17)(H,14,15)/t5-,6-,7?/m0/s1. The van der Waals surface area contributed by atoms with Crippen molar-refractivity contribution in [2.75, 3.05) is 18.6 Å². The summed E-state index contributed by atoms with van der Waals surface area (Å²) >= 11 is 5.20. The molecule has 0 heterocycles. The van der Waals surface area contributed by atoms with Crippen LogP contribution in [-0.2, 0) is 14.4 Å². The number of ketones is 1. The third kappa shape index (κ3) is 6.81. The quantitative estimate of drug-likeness (QED) is 0.326. The average Bonchev–Trinajstić information content (AvgIpc) is 2.39. The number of carboxylic acid groups (broad SMARTS) is 1. The summed E-state index contributed by atoms with van der Waals surface area (Å²) in [4.78, 5) is 33.7. The fraction of sp³-hybridized carbons (Fsp3) is 0.700. The second kappa shape index (κ2) is 9.18. The van der Waals surface area contributed by atoms with Gasteiger partial charge in [-0.2, -0.15) is 24.4 Å². The van der Waals surface area contributed by atoms with E-state index in [1.165, 1.54) is 11.8 Å². The van der Waals surface area contributed by atoms with Gasteiger partial charge in [0.05, 0.1) is 17.3 Å². The molecule has 0 aliphatic carbocycles. The molecule has 0 aromatic rings. The van der Waals surface area contributed by atoms with Gasteiger partial charge in [0.2, 0.25) is 5.91 Å². The summed E-state index contributed by atoms with van der Waals surface area (Å²) in [6, 6.07) is -1.65. The smallest absolute Gasteiger partial charge is 0.322 e. The number of carbonyl (C=O) groups excluding carboxylic acids is 2. The largest absolute Gasteiger partial charge is 0.480 e. The molecular weight excluding hydrogens is 290 g/mol. The van der Waals surface area contributed by atoms with Crippen molar-refractivity contribution in [2.24, 2.45) is 11.5 Å². The topological polar surface area (TPSA) is 136 Å². The van der Waals surface area contributed by atoms with E-state index in [0.717, 1.165) is 0 Å². The Labute approximate surface area is 121 Å². The monoisotopic (exact) mass is 309 g/mol. The predicted octanol–water partition coefficient (Wildman–Crippen LogP) is -1.54. The first kappa shape index (κ1) is 18.2. The summed E-state index contributed by atoms with van der Waals surface area (Å²) in [5.74, 6) is -1.76. The first-order chi connectivity index (χ1) is 8.83. The Bertz CT molecular complexity index is 341. The van der Waals surface area contributed by atoms with E-state index in [2.05, 4.69) is 17.9 Å². The summed E-state index contributed by atoms with van der Waals surface area (Å²) < 4.78 is 0. The molecule has 1 unspecified atom stereocenters. The van der Waals surface area contributed by atoms with E-state index in [-0.39, 0.29) is 18.0 Å². The second-order valence-corrected chi connectivity index (χ2v) is 5.28. The average molecular weight is 309 g/mol. The van der Waals surface area contributed by atoms with E-state index in [1.54, 1.807) is 6.26 Å². The summed E-state index contributed by atoms with van der Waals surface area (Å²) in [6.45, 7) is -0.499. The van der Waals surface area contributed by atoms with E-state index in [4.69, 9.17) is 16.6 Å². The maximum atomic E-state index is 11.9. The molecule has 0 aromatic heterocycles. The zero-order valence-corrected chi connectivity index (χ0v) is 12.2. The van der Waals surface area contributed by atoms with Gasteiger partial charge >= 0.3 is 5.97 Å². The molecule has 0 rings (SSSR count). The van der Waals surface area contributed by atoms with E-state index in [1.807, 2.05) is 0 Å². The molecule has 1 amide bonds. The zero-order chi connectivity index (χ0) is 15.0. The van der Waals surface area contributed by atoms with Crippen molar-refractivity contribution in [3.05, 3.63) is 0 Å². The number of thiol groups is 1. The van der Waals surface area contributed by atoms with Gasteiger partial charge in [0.15, 0.2) is 5.78 Å². The van der Waals surface area contributed by atoms with Crippen molar-refractivity contribution >= 4 is 42.1 Å². The number of Topliss-reactive ketones (excluding diaryl/α,β-unsaturated/α-hetero) is 1. The zero-order valence-electron chi connectivity index (χ0n) is 10.5. The lowest BCUT2D eigenvalue weighted by Gasteiger charge is -2.20. The van der Waals surface area contributed by atoms with Gasteiger partial charge in [0, 0.05) is 5.75 Å². The Kier molecular flexibility index (Phi) is 8.81. The van der Waals surface area contributed by atoms with Crippen LogP contribution < -0.4 is 16.8 Å². The molecule has 19 heavy (non-hydrogen) atoms. The molecule has 110 valence electrons. The fourth-order valence-corrected chi connectivity index (χ4v) is 2.28. The number of amides is 1. The molecule has 0 aliphatic rings. The summed E-state index contributed by atoms with van der Waals surface area (Å²) in [5.41, 5.74) is 11.2. The van der Waals surface area contributed by atoms with Crippen LogP contribution in [0.15, 0.2) is 0 Å². The number of hydrogen-bond acceptors (Lipinski definition) is 7. The van der Waals surface area contributed by atoms with Crippen LogP contribution in [0.4, 0.5) is 0 Å². The van der Waals surface area contributed by atoms with Crippen molar-refractivity contribution in [1.29, 1.82) is 0 Å². The molecule has 3 atom stereocenters. The Hall–Kier alpha value is -0.770. The van der Waals surface area contributed by atoms with Crippen molar-refractivity contribution in [3.8, 4) is 0 Å². The van der Waals surface area contributed by atoms with Crippen LogP contribution in [0.2, 0.25) is 0 Å². The highest BCUT2D eigenvalue weighted by atomic mass is 32.2. The second-order valence-electron chi connectivity index (χ2n) is 3.87. The Morgan fingerprint density at radius 2 is 1.89 bits per heavy atom. The Morgan fingerprint density at radius 1 is 1.32 bits per heavy atom. The fourth-order valence-electron chi connectivity index (χ4n) is 1.29. The third-order valence-corrected chi connectivity index (χ3v) is 3.77. The third-order valence-electron chi connectivity index (χ3n) is 2.38. The number of carboxylic acids is 1. The van der Waals surface area contributed by atoms with Gasteiger partial charge in [-0.05, 0) is 12.7 Å². The molecule has 9 heteroatoms. The van der Waals surface area contributed by atoms with Gasteiger partial charge in [-0.1, -0.05) is 0 Å². The molecule has 0 saturated carbocycles. The predicted molar refractivity (Wildman–Crippen MR) is 77.4 cm³/mol. The molecule has 0 fully saturated rings. The molecule has 6 N–H and O–H groups in total. The van der Waals surface area contributed by atoms with Crippen molar-refractivity contribution < 1.29 is 19.5 Å². The van der Waals surface area contributed by atoms with Crippen LogP contribution in [0.1, 0.15) is 6.42 Å². The molecule has 0 bridgehead atoms. The molecule has 7 nitrogen and oxygen atoms in total. The number of thioether (sulfide) groups is 1. The number of nitrogens with two attached hydrogens (primary N) is 2. The van der Waals surface area contributed by atoms with Gasteiger partial charge in [-0.25, -0.2) is 0 Å². The van der Waals surface area contributed by atoms with Gasteiger partial charge in [-0.15, -0.1) is 0 Å². The normalized spacial score (nSPS) is 15.4. The highest BCUT2D eigenvalue weighted by molar-refractivity contribution is 7.99. The Balaban J connectivity index is 4.41. The van der Waals surface area contributed by atoms with Crippen LogP contribution >= 0.6 is 24.4 Å². The van der Waals surface area contributed by atoms with E-state index >= 15 is 0 Å². The summed E-state index contributed by atoms with van der Waals surface area (Å²) in [5, 5.41) is 10.1. The van der Waals surface area contributed by atoms with Crippen molar-refractivity contribution in [3.63, 3.8) is 0 Å². The minimum absolute atomic E-state index is 0.104. The number of hydrogen-bond donors (Lipinski definition) is 5. The summed E-state index contributed by atoms with van der Waals surface area (Å²) in [6.07, 6.45) is 1.82. The molecule has 0 radical (unpaired) electrons. The first-order valence-corrected chi connectivity index (χ1v) is 7.43.